The van der Waals surface area contributed by atoms with Gasteiger partial charge in [-0.3, -0.25) is 0 Å². The van der Waals surface area contributed by atoms with E-state index in [4.69, 9.17) is 5.73 Å². The highest BCUT2D eigenvalue weighted by molar-refractivity contribution is 5.59. The van der Waals surface area contributed by atoms with Crippen molar-refractivity contribution in [3.8, 4) is 0 Å². The number of alkyl halides is 3. The zero-order chi connectivity index (χ0) is 12.9. The van der Waals surface area contributed by atoms with Crippen LogP contribution in [0, 0.1) is 0 Å². The maximum Gasteiger partial charge on any atom is 0.418 e. The van der Waals surface area contributed by atoms with Crippen LogP contribution in [0.15, 0.2) is 24.3 Å². The summed E-state index contributed by atoms with van der Waals surface area (Å²) in [6.45, 7) is 0.826. The zero-order valence-corrected chi connectivity index (χ0v) is 9.51. The summed E-state index contributed by atoms with van der Waals surface area (Å²) in [5.41, 5.74) is 5.01. The molecular weight excluding hydrogens is 229 g/mol. The number of hydrogen-bond acceptors (Lipinski definition) is 2. The van der Waals surface area contributed by atoms with E-state index in [0.29, 0.717) is 5.56 Å². The Labute approximate surface area is 98.3 Å². The van der Waals surface area contributed by atoms with Gasteiger partial charge in [0.2, 0.25) is 0 Å². The molecule has 0 aliphatic heterocycles. The van der Waals surface area contributed by atoms with E-state index in [0.717, 1.165) is 19.0 Å². The van der Waals surface area contributed by atoms with Crippen LogP contribution >= 0.6 is 0 Å². The standard InChI is InChI=1S/C12H15F3N2/c1-17-7-3-2-4-9-5-6-10(11(16)8-9)12(13,14)15/h2,4-6,8,17H,3,7,16H2,1H3. The van der Waals surface area contributed by atoms with Crippen LogP contribution in [0.25, 0.3) is 6.08 Å². The highest BCUT2D eigenvalue weighted by Gasteiger charge is 2.32. The third-order valence-corrected chi connectivity index (χ3v) is 2.25. The van der Waals surface area contributed by atoms with Gasteiger partial charge in [-0.15, -0.1) is 0 Å². The summed E-state index contributed by atoms with van der Waals surface area (Å²) >= 11 is 0. The minimum absolute atomic E-state index is 0.242. The second kappa shape index (κ2) is 5.72. The van der Waals surface area contributed by atoms with Crippen LogP contribution in [0.5, 0.6) is 0 Å². The molecule has 0 unspecified atom stereocenters. The first kappa shape index (κ1) is 13.6. The molecule has 0 amide bonds. The van der Waals surface area contributed by atoms with E-state index < -0.39 is 11.7 Å². The van der Waals surface area contributed by atoms with Gasteiger partial charge in [-0.1, -0.05) is 18.2 Å². The first-order valence-electron chi connectivity index (χ1n) is 5.23. The largest absolute Gasteiger partial charge is 0.418 e. The van der Waals surface area contributed by atoms with Gasteiger partial charge in [0, 0.05) is 5.69 Å². The third-order valence-electron chi connectivity index (χ3n) is 2.25. The number of rotatable bonds is 4. The van der Waals surface area contributed by atoms with Crippen molar-refractivity contribution in [1.82, 2.24) is 5.32 Å². The van der Waals surface area contributed by atoms with Gasteiger partial charge in [0.15, 0.2) is 0 Å². The Morgan fingerprint density at radius 3 is 2.59 bits per heavy atom. The lowest BCUT2D eigenvalue weighted by molar-refractivity contribution is -0.136. The molecule has 94 valence electrons. The molecule has 2 nitrogen and oxygen atoms in total. The van der Waals surface area contributed by atoms with Crippen molar-refractivity contribution in [2.75, 3.05) is 19.3 Å². The lowest BCUT2D eigenvalue weighted by Gasteiger charge is -2.09. The zero-order valence-electron chi connectivity index (χ0n) is 9.51. The molecule has 0 aromatic heterocycles. The molecule has 0 bridgehead atoms. The van der Waals surface area contributed by atoms with Crippen LogP contribution in [-0.2, 0) is 6.18 Å². The SMILES string of the molecule is CNCCC=Cc1ccc(C(F)(F)F)c(N)c1. The van der Waals surface area contributed by atoms with Gasteiger partial charge in [-0.2, -0.15) is 13.2 Å². The van der Waals surface area contributed by atoms with E-state index in [-0.39, 0.29) is 5.69 Å². The van der Waals surface area contributed by atoms with Gasteiger partial charge in [0.25, 0.3) is 0 Å². The molecule has 0 fully saturated rings. The minimum Gasteiger partial charge on any atom is -0.398 e. The van der Waals surface area contributed by atoms with Crippen molar-refractivity contribution in [2.24, 2.45) is 0 Å². The molecule has 0 aliphatic carbocycles. The highest BCUT2D eigenvalue weighted by atomic mass is 19.4. The Balaban J connectivity index is 2.79. The van der Waals surface area contributed by atoms with E-state index >= 15 is 0 Å². The number of halogens is 3. The van der Waals surface area contributed by atoms with Crippen molar-refractivity contribution in [3.05, 3.63) is 35.4 Å². The lowest BCUT2D eigenvalue weighted by atomic mass is 10.1. The molecule has 0 saturated carbocycles. The predicted octanol–water partition coefficient (Wildman–Crippen LogP) is 2.91. The molecule has 0 saturated heterocycles. The van der Waals surface area contributed by atoms with Crippen LogP contribution < -0.4 is 11.1 Å². The van der Waals surface area contributed by atoms with Crippen LogP contribution in [0.4, 0.5) is 18.9 Å². The predicted molar refractivity (Wildman–Crippen MR) is 63.4 cm³/mol. The molecule has 0 aliphatic rings. The van der Waals surface area contributed by atoms with Crippen LogP contribution in [0.2, 0.25) is 0 Å². The van der Waals surface area contributed by atoms with Crippen molar-refractivity contribution in [1.29, 1.82) is 0 Å². The van der Waals surface area contributed by atoms with E-state index in [1.807, 2.05) is 13.1 Å². The average Bonchev–Trinajstić information content (AvgIpc) is 2.23. The monoisotopic (exact) mass is 244 g/mol. The second-order valence-corrected chi connectivity index (χ2v) is 3.64. The summed E-state index contributed by atoms with van der Waals surface area (Å²) in [5, 5.41) is 2.97. The lowest BCUT2D eigenvalue weighted by Crippen LogP contribution is -2.08. The summed E-state index contributed by atoms with van der Waals surface area (Å²) in [4.78, 5) is 0. The number of hydrogen-bond donors (Lipinski definition) is 2. The van der Waals surface area contributed by atoms with Gasteiger partial charge >= 0.3 is 6.18 Å². The maximum absolute atomic E-state index is 12.4. The third kappa shape index (κ3) is 4.11. The first-order valence-corrected chi connectivity index (χ1v) is 5.23. The summed E-state index contributed by atoms with van der Waals surface area (Å²) in [5.74, 6) is 0. The minimum atomic E-state index is -4.39. The fourth-order valence-corrected chi connectivity index (χ4v) is 1.39. The summed E-state index contributed by atoms with van der Waals surface area (Å²) in [7, 11) is 1.84. The van der Waals surface area contributed by atoms with Crippen molar-refractivity contribution >= 4 is 11.8 Å². The Bertz CT molecular complexity index is 397. The fourth-order valence-electron chi connectivity index (χ4n) is 1.39. The average molecular weight is 244 g/mol. The van der Waals surface area contributed by atoms with Crippen molar-refractivity contribution < 1.29 is 13.2 Å². The van der Waals surface area contributed by atoms with Crippen molar-refractivity contribution in [3.63, 3.8) is 0 Å². The number of nitrogens with two attached hydrogens (primary N) is 1. The van der Waals surface area contributed by atoms with Gasteiger partial charge in [-0.25, -0.2) is 0 Å². The van der Waals surface area contributed by atoms with E-state index in [1.165, 1.54) is 12.1 Å². The van der Waals surface area contributed by atoms with Gasteiger partial charge in [0.1, 0.15) is 0 Å². The molecule has 1 aromatic rings. The van der Waals surface area contributed by atoms with Crippen LogP contribution in [0.3, 0.4) is 0 Å². The van der Waals surface area contributed by atoms with Crippen LogP contribution in [0.1, 0.15) is 17.5 Å². The Kier molecular flexibility index (Phi) is 4.57. The summed E-state index contributed by atoms with van der Waals surface area (Å²) in [6.07, 6.45) is 0.0717. The number of anilines is 1. The first-order chi connectivity index (χ1) is 7.95. The quantitative estimate of drug-likeness (QED) is 0.631. The topological polar surface area (TPSA) is 38.0 Å². The molecule has 0 heterocycles. The smallest absolute Gasteiger partial charge is 0.398 e. The Hall–Kier alpha value is -1.49. The highest BCUT2D eigenvalue weighted by Crippen LogP contribution is 2.33. The fraction of sp³-hybridized carbons (Fsp3) is 0.333. The van der Waals surface area contributed by atoms with Crippen LogP contribution in [-0.4, -0.2) is 13.6 Å². The Morgan fingerprint density at radius 1 is 1.35 bits per heavy atom. The maximum atomic E-state index is 12.4. The Morgan fingerprint density at radius 2 is 2.06 bits per heavy atom. The molecule has 0 atom stereocenters. The number of nitrogen functional groups attached to an aromatic ring is 1. The van der Waals surface area contributed by atoms with E-state index in [9.17, 15) is 13.2 Å². The summed E-state index contributed by atoms with van der Waals surface area (Å²) < 4.78 is 37.3. The molecule has 17 heavy (non-hydrogen) atoms. The van der Waals surface area contributed by atoms with E-state index in [2.05, 4.69) is 5.32 Å². The molecule has 5 heteroatoms. The summed E-state index contributed by atoms with van der Waals surface area (Å²) in [6, 6.07) is 3.75. The van der Waals surface area contributed by atoms with E-state index in [1.54, 1.807) is 6.08 Å². The molecule has 0 radical (unpaired) electrons. The normalized spacial score (nSPS) is 12.2. The second-order valence-electron chi connectivity index (χ2n) is 3.64. The van der Waals surface area contributed by atoms with Gasteiger partial charge < -0.3 is 11.1 Å². The number of nitrogens with one attached hydrogen (secondary N) is 1. The molecule has 1 aromatic carbocycles. The molecular formula is C12H15F3N2. The molecule has 3 N–H and O–H groups in total. The molecule has 0 spiro atoms. The molecule has 1 rings (SSSR count). The van der Waals surface area contributed by atoms with Crippen molar-refractivity contribution in [2.45, 2.75) is 12.6 Å². The van der Waals surface area contributed by atoms with Gasteiger partial charge in [-0.05, 0) is 37.7 Å². The number of benzene rings is 1. The van der Waals surface area contributed by atoms with Gasteiger partial charge in [0.05, 0.1) is 5.56 Å².